The van der Waals surface area contributed by atoms with Crippen molar-refractivity contribution in [2.24, 2.45) is 0 Å². The Morgan fingerprint density at radius 3 is 2.32 bits per heavy atom. The van der Waals surface area contributed by atoms with Gasteiger partial charge in [-0.1, -0.05) is 39.6 Å². The molecule has 3 N–H and O–H groups in total. The fraction of sp³-hybridized carbons (Fsp3) is 0.769. The highest BCUT2D eigenvalue weighted by atomic mass is 32.2. The van der Waals surface area contributed by atoms with Crippen molar-refractivity contribution in [2.45, 2.75) is 108 Å². The van der Waals surface area contributed by atoms with E-state index in [1.807, 2.05) is 19.9 Å². The van der Waals surface area contributed by atoms with Crippen LogP contribution in [-0.4, -0.2) is 89.5 Å². The zero-order valence-electron chi connectivity index (χ0n) is 24.2. The van der Waals surface area contributed by atoms with Crippen LogP contribution in [0.25, 0.3) is 0 Å². The summed E-state index contributed by atoms with van der Waals surface area (Å²) in [4.78, 5) is 51.9. The Morgan fingerprint density at radius 2 is 1.79 bits per heavy atom. The van der Waals surface area contributed by atoms with Crippen LogP contribution in [0.15, 0.2) is 12.7 Å². The molecule has 12 heteroatoms. The van der Waals surface area contributed by atoms with Crippen molar-refractivity contribution >= 4 is 43.9 Å². The number of carboxylic acid groups (broad SMARTS) is 1. The molecule has 0 spiro atoms. The van der Waals surface area contributed by atoms with Gasteiger partial charge in [0, 0.05) is 25.8 Å². The molecule has 0 aromatic rings. The van der Waals surface area contributed by atoms with Crippen molar-refractivity contribution in [3.63, 3.8) is 0 Å². The van der Waals surface area contributed by atoms with Gasteiger partial charge >= 0.3 is 18.2 Å². The second kappa shape index (κ2) is 14.3. The molecule has 0 bridgehead atoms. The number of hydrogen-bond acceptors (Lipinski definition) is 7. The van der Waals surface area contributed by atoms with Crippen molar-refractivity contribution in [1.82, 2.24) is 15.5 Å². The van der Waals surface area contributed by atoms with Crippen LogP contribution in [0.1, 0.15) is 53.9 Å². The monoisotopic (exact) mass is 573 g/mol. The second-order valence-electron chi connectivity index (χ2n) is 12.5. The Bertz CT molecular complexity index is 855. The summed E-state index contributed by atoms with van der Waals surface area (Å²) in [5, 5.41) is 15.2. The van der Waals surface area contributed by atoms with Crippen LogP contribution in [0, 0.1) is 0 Å². The summed E-state index contributed by atoms with van der Waals surface area (Å²) in [5.74, 6) is -0.917. The second-order valence-corrected chi connectivity index (χ2v) is 19.9. The number of carbonyl (C=O) groups is 4. The molecule has 1 aliphatic rings. The molecule has 1 aliphatic heterocycles. The molecule has 3 amide bonds. The Kier molecular flexibility index (Phi) is 12.7. The number of carboxylic acids is 1. The molecular formula is C26H47N3O7SSi. The van der Waals surface area contributed by atoms with Gasteiger partial charge in [0.05, 0.1) is 12.6 Å². The Labute approximate surface area is 232 Å². The van der Waals surface area contributed by atoms with Gasteiger partial charge in [0.2, 0.25) is 5.91 Å². The number of thioether (sulfide) groups is 1. The zero-order chi connectivity index (χ0) is 29.3. The lowest BCUT2D eigenvalue weighted by atomic mass is 10.0. The molecule has 0 aromatic heterocycles. The van der Waals surface area contributed by atoms with Gasteiger partial charge in [-0.15, -0.1) is 6.58 Å². The van der Waals surface area contributed by atoms with Crippen LogP contribution >= 0.6 is 11.8 Å². The molecule has 0 aromatic carbocycles. The number of alkyl carbamates (subject to hydrolysis) is 2. The lowest BCUT2D eigenvalue weighted by molar-refractivity contribution is -0.149. The van der Waals surface area contributed by atoms with E-state index < -0.39 is 60.6 Å². The predicted octanol–water partition coefficient (Wildman–Crippen LogP) is 4.48. The van der Waals surface area contributed by atoms with Gasteiger partial charge in [0.25, 0.3) is 0 Å². The van der Waals surface area contributed by atoms with E-state index in [-0.39, 0.29) is 19.4 Å². The molecule has 1 heterocycles. The van der Waals surface area contributed by atoms with Gasteiger partial charge in [-0.25, -0.2) is 14.4 Å². The maximum atomic E-state index is 13.7. The average molecular weight is 574 g/mol. The van der Waals surface area contributed by atoms with Crippen LogP contribution in [0.4, 0.5) is 9.59 Å². The summed E-state index contributed by atoms with van der Waals surface area (Å²) in [6.07, 6.45) is 1.52. The summed E-state index contributed by atoms with van der Waals surface area (Å²) in [5.41, 5.74) is -0.770. The first kappa shape index (κ1) is 33.8. The first-order valence-electron chi connectivity index (χ1n) is 13.0. The molecule has 1 saturated heterocycles. The number of nitrogens with one attached hydrogen (secondary N) is 2. The maximum absolute atomic E-state index is 13.7. The molecule has 0 radical (unpaired) electrons. The molecule has 10 nitrogen and oxygen atoms in total. The van der Waals surface area contributed by atoms with Gasteiger partial charge in [-0.3, -0.25) is 4.79 Å². The number of aliphatic carboxylic acids is 1. The normalized spacial score (nSPS) is 18.9. The van der Waals surface area contributed by atoms with E-state index in [4.69, 9.17) is 9.47 Å². The molecule has 3 atom stereocenters. The van der Waals surface area contributed by atoms with Crippen LogP contribution in [0.5, 0.6) is 0 Å². The lowest BCUT2D eigenvalue weighted by Crippen LogP contribution is -2.54. The highest BCUT2D eigenvalue weighted by Gasteiger charge is 2.44. The number of allylic oxidation sites excluding steroid dienone is 1. The predicted molar refractivity (Wildman–Crippen MR) is 153 cm³/mol. The highest BCUT2D eigenvalue weighted by Crippen LogP contribution is 2.31. The van der Waals surface area contributed by atoms with Gasteiger partial charge in [-0.05, 0) is 45.4 Å². The van der Waals surface area contributed by atoms with Crippen molar-refractivity contribution in [1.29, 1.82) is 0 Å². The molecule has 0 aliphatic carbocycles. The maximum Gasteiger partial charge on any atom is 0.408 e. The fourth-order valence-electron chi connectivity index (χ4n) is 3.90. The van der Waals surface area contributed by atoms with Gasteiger partial charge in [0.1, 0.15) is 17.7 Å². The van der Waals surface area contributed by atoms with Gasteiger partial charge in [-0.2, -0.15) is 11.8 Å². The SMILES string of the molecule is C=CCCSC(C)(C)CC(NC(=O)OC(C)(C)C)C(=O)N1CC(NC(=O)OCC[Si](C)(C)C)CC1C(=O)O. The standard InChI is InChI=1S/C26H47N3O7SSi/c1-10-11-13-37-26(5,6)16-19(28-24(34)36-25(2,3)4)21(30)29-17-18(15-20(29)22(31)32)27-23(33)35-12-14-38(7,8)9/h10,18-20H,1,11-17H2,2-9H3,(H,27,33)(H,28,34)(H,31,32). The third-order valence-corrected chi connectivity index (χ3v) is 8.87. The molecule has 1 rings (SSSR count). The van der Waals surface area contributed by atoms with Crippen LogP contribution in [0.3, 0.4) is 0 Å². The summed E-state index contributed by atoms with van der Waals surface area (Å²) < 4.78 is 10.2. The highest BCUT2D eigenvalue weighted by molar-refractivity contribution is 8.00. The number of hydrogen-bond donors (Lipinski definition) is 3. The Morgan fingerprint density at radius 1 is 1.16 bits per heavy atom. The molecular weight excluding hydrogens is 526 g/mol. The van der Waals surface area contributed by atoms with Gasteiger partial charge in [0.15, 0.2) is 0 Å². The van der Waals surface area contributed by atoms with E-state index in [0.29, 0.717) is 6.61 Å². The number of nitrogens with zero attached hydrogens (tertiary/aromatic N) is 1. The third kappa shape index (κ3) is 13.0. The van der Waals surface area contributed by atoms with E-state index in [2.05, 4.69) is 36.9 Å². The number of likely N-dealkylation sites (tertiary alicyclic amines) is 1. The van der Waals surface area contributed by atoms with Crippen LogP contribution < -0.4 is 10.6 Å². The van der Waals surface area contributed by atoms with Crippen LogP contribution in [0.2, 0.25) is 25.7 Å². The van der Waals surface area contributed by atoms with Crippen molar-refractivity contribution in [3.8, 4) is 0 Å². The van der Waals surface area contributed by atoms with Gasteiger partial charge < -0.3 is 30.1 Å². The molecule has 0 saturated carbocycles. The summed E-state index contributed by atoms with van der Waals surface area (Å²) in [7, 11) is -1.38. The van der Waals surface area contributed by atoms with Crippen molar-refractivity contribution in [2.75, 3.05) is 18.9 Å². The third-order valence-electron chi connectivity index (χ3n) is 5.78. The Hall–Kier alpha value is -2.21. The first-order chi connectivity index (χ1) is 17.3. The largest absolute Gasteiger partial charge is 0.480 e. The fourth-order valence-corrected chi connectivity index (χ4v) is 5.73. The van der Waals surface area contributed by atoms with E-state index >= 15 is 0 Å². The number of ether oxygens (including phenoxy) is 2. The van der Waals surface area contributed by atoms with E-state index in [1.54, 1.807) is 32.5 Å². The number of rotatable bonds is 13. The quantitative estimate of drug-likeness (QED) is 0.167. The van der Waals surface area contributed by atoms with E-state index in [9.17, 15) is 24.3 Å². The summed E-state index contributed by atoms with van der Waals surface area (Å²) in [6.45, 7) is 19.6. The minimum absolute atomic E-state index is 0.00451. The molecule has 38 heavy (non-hydrogen) atoms. The summed E-state index contributed by atoms with van der Waals surface area (Å²) >= 11 is 1.64. The lowest BCUT2D eigenvalue weighted by Gasteiger charge is -2.33. The minimum Gasteiger partial charge on any atom is -0.480 e. The molecule has 1 fully saturated rings. The number of amides is 3. The number of carbonyl (C=O) groups excluding carboxylic acids is 3. The molecule has 218 valence electrons. The van der Waals surface area contributed by atoms with Crippen molar-refractivity contribution < 1.29 is 33.8 Å². The minimum atomic E-state index is -1.38. The average Bonchev–Trinajstić information content (AvgIpc) is 3.14. The summed E-state index contributed by atoms with van der Waals surface area (Å²) in [6, 6.07) is -1.93. The smallest absolute Gasteiger partial charge is 0.408 e. The zero-order valence-corrected chi connectivity index (χ0v) is 26.0. The van der Waals surface area contributed by atoms with E-state index in [0.717, 1.165) is 18.2 Å². The molecule has 3 unspecified atom stereocenters. The Balaban J connectivity index is 3.03. The van der Waals surface area contributed by atoms with Crippen molar-refractivity contribution in [3.05, 3.63) is 12.7 Å². The first-order valence-corrected chi connectivity index (χ1v) is 17.7. The topological polar surface area (TPSA) is 134 Å². The van der Waals surface area contributed by atoms with E-state index in [1.165, 1.54) is 4.90 Å². The van der Waals surface area contributed by atoms with Crippen LogP contribution in [-0.2, 0) is 19.1 Å².